The van der Waals surface area contributed by atoms with Crippen LogP contribution in [-0.2, 0) is 26.0 Å². The summed E-state index contributed by atoms with van der Waals surface area (Å²) in [4.78, 5) is 16.1. The van der Waals surface area contributed by atoms with E-state index < -0.39 is 27.3 Å². The van der Waals surface area contributed by atoms with Crippen LogP contribution in [0.5, 0.6) is 0 Å². The lowest BCUT2D eigenvalue weighted by Gasteiger charge is -2.22. The molecule has 0 aromatic heterocycles. The first-order valence-electron chi connectivity index (χ1n) is 4.72. The largest absolute Gasteiger partial charge is 0.446 e. The predicted molar refractivity (Wildman–Crippen MR) is 71.0 cm³/mol. The molecule has 8 nitrogen and oxygen atoms in total. The molecule has 1 amide bonds. The van der Waals surface area contributed by atoms with Crippen LogP contribution in [0.1, 0.15) is 13.8 Å². The minimum absolute atomic E-state index is 0.0390. The summed E-state index contributed by atoms with van der Waals surface area (Å²) in [6.07, 6.45) is -0.118. The van der Waals surface area contributed by atoms with Crippen molar-refractivity contribution < 1.29 is 22.3 Å². The number of nitrogens with zero attached hydrogens (tertiary/aromatic N) is 2. The van der Waals surface area contributed by atoms with Crippen LogP contribution in [0.15, 0.2) is 0 Å². The SMILES string of the molecule is CCN(S(=O)N(C)C(=O)ONC(C)=S)S(C)(=O)=O. The van der Waals surface area contributed by atoms with Crippen LogP contribution in [0.4, 0.5) is 4.79 Å². The van der Waals surface area contributed by atoms with E-state index in [0.29, 0.717) is 8.02 Å². The second-order valence-corrected chi connectivity index (χ2v) is 7.34. The van der Waals surface area contributed by atoms with Gasteiger partial charge >= 0.3 is 6.09 Å². The molecule has 0 aromatic rings. The van der Waals surface area contributed by atoms with Crippen molar-refractivity contribution in [1.82, 2.24) is 13.5 Å². The molecule has 0 bridgehead atoms. The summed E-state index contributed by atoms with van der Waals surface area (Å²) in [7, 11) is -2.54. The van der Waals surface area contributed by atoms with Crippen LogP contribution in [-0.4, -0.2) is 51.6 Å². The van der Waals surface area contributed by atoms with Gasteiger partial charge in [-0.3, -0.25) is 0 Å². The van der Waals surface area contributed by atoms with Gasteiger partial charge in [0.15, 0.2) is 0 Å². The van der Waals surface area contributed by atoms with E-state index in [0.717, 1.165) is 13.3 Å². The lowest BCUT2D eigenvalue weighted by molar-refractivity contribution is 0.106. The summed E-state index contributed by atoms with van der Waals surface area (Å²) in [5.74, 6) is 0. The molecular weight excluding hydrogens is 302 g/mol. The van der Waals surface area contributed by atoms with E-state index in [2.05, 4.69) is 22.5 Å². The van der Waals surface area contributed by atoms with E-state index in [1.54, 1.807) is 0 Å². The second-order valence-electron chi connectivity index (χ2n) is 3.14. The maximum absolute atomic E-state index is 11.8. The number of hydrogen-bond donors (Lipinski definition) is 1. The number of nitrogens with one attached hydrogen (secondary N) is 1. The molecule has 0 spiro atoms. The molecule has 0 radical (unpaired) electrons. The Morgan fingerprint density at radius 2 is 2.00 bits per heavy atom. The van der Waals surface area contributed by atoms with Gasteiger partial charge < -0.3 is 4.84 Å². The zero-order valence-electron chi connectivity index (χ0n) is 10.4. The molecule has 106 valence electrons. The van der Waals surface area contributed by atoms with Crippen molar-refractivity contribution in [2.75, 3.05) is 19.8 Å². The molecule has 0 aliphatic carbocycles. The highest BCUT2D eigenvalue weighted by Crippen LogP contribution is 2.07. The van der Waals surface area contributed by atoms with Crippen molar-refractivity contribution in [3.8, 4) is 0 Å². The van der Waals surface area contributed by atoms with Gasteiger partial charge in [0.25, 0.3) is 0 Å². The number of carbonyl (C=O) groups excluding carboxylic acids is 1. The van der Waals surface area contributed by atoms with Gasteiger partial charge in [0.05, 0.1) is 6.26 Å². The average Bonchev–Trinajstić information content (AvgIpc) is 2.23. The predicted octanol–water partition coefficient (Wildman–Crippen LogP) is -0.233. The highest BCUT2D eigenvalue weighted by molar-refractivity contribution is 8.00. The molecule has 0 saturated carbocycles. The van der Waals surface area contributed by atoms with Gasteiger partial charge in [-0.2, -0.15) is 0 Å². The summed E-state index contributed by atoms with van der Waals surface area (Å²) >= 11 is 2.41. The fraction of sp³-hybridized carbons (Fsp3) is 0.714. The fourth-order valence-corrected chi connectivity index (χ4v) is 3.24. The number of carbonyl (C=O) groups is 1. The quantitative estimate of drug-likeness (QED) is 0.565. The van der Waals surface area contributed by atoms with Crippen molar-refractivity contribution >= 4 is 44.5 Å². The fourth-order valence-electron chi connectivity index (χ4n) is 0.841. The van der Waals surface area contributed by atoms with Crippen LogP contribution in [0.2, 0.25) is 0 Å². The van der Waals surface area contributed by atoms with Crippen LogP contribution < -0.4 is 5.48 Å². The Hall–Kier alpha value is -0.780. The standard InChI is InChI=1S/C7H15N3O5S3/c1-5-10(18(4,13)14)17(12)9(3)7(11)15-8-6(2)16/h5H2,1-4H3,(H,8,16). The van der Waals surface area contributed by atoms with E-state index in [1.807, 2.05) is 0 Å². The molecular formula is C7H15N3O5S3. The topological polar surface area (TPSA) is 96.0 Å². The maximum Gasteiger partial charge on any atom is 0.446 e. The third kappa shape index (κ3) is 5.25. The van der Waals surface area contributed by atoms with Gasteiger partial charge in [0.1, 0.15) is 4.99 Å². The zero-order chi connectivity index (χ0) is 14.5. The zero-order valence-corrected chi connectivity index (χ0v) is 12.8. The molecule has 0 fully saturated rings. The summed E-state index contributed by atoms with van der Waals surface area (Å²) in [6.45, 7) is 2.94. The number of amides is 1. The average molecular weight is 317 g/mol. The Labute approximate surface area is 114 Å². The first kappa shape index (κ1) is 17.2. The van der Waals surface area contributed by atoms with E-state index in [1.165, 1.54) is 13.8 Å². The number of rotatable bonds is 4. The van der Waals surface area contributed by atoms with Gasteiger partial charge in [-0.05, 0) is 6.92 Å². The lowest BCUT2D eigenvalue weighted by atomic mass is 10.8. The molecule has 1 atom stereocenters. The molecule has 11 heteroatoms. The molecule has 0 aliphatic rings. The third-order valence-electron chi connectivity index (χ3n) is 1.58. The molecule has 0 aromatic carbocycles. The summed E-state index contributed by atoms with van der Waals surface area (Å²) in [5, 5.41) is 0. The second kappa shape index (κ2) is 6.97. The third-order valence-corrected chi connectivity index (χ3v) is 5.08. The number of sulfonamides is 1. The number of thiocarbonyl (C=S) groups is 1. The molecule has 18 heavy (non-hydrogen) atoms. The molecule has 0 saturated heterocycles. The van der Waals surface area contributed by atoms with E-state index in [4.69, 9.17) is 0 Å². The van der Waals surface area contributed by atoms with Gasteiger partial charge in [-0.25, -0.2) is 27.2 Å². The highest BCUT2D eigenvalue weighted by Gasteiger charge is 2.29. The first-order valence-corrected chi connectivity index (χ1v) is 8.04. The minimum Gasteiger partial charge on any atom is -0.323 e. The Bertz CT molecular complexity index is 449. The number of hydrogen-bond acceptors (Lipinski definition) is 6. The lowest BCUT2D eigenvalue weighted by Crippen LogP contribution is -2.44. The van der Waals surface area contributed by atoms with Gasteiger partial charge in [0.2, 0.25) is 21.2 Å². The molecule has 1 N–H and O–H groups in total. The molecule has 0 heterocycles. The Balaban J connectivity index is 4.77. The summed E-state index contributed by atoms with van der Waals surface area (Å²) in [5.41, 5.74) is 2.11. The van der Waals surface area contributed by atoms with Gasteiger partial charge in [0, 0.05) is 13.6 Å². The minimum atomic E-state index is -3.69. The maximum atomic E-state index is 11.8. The van der Waals surface area contributed by atoms with Gasteiger partial charge in [-0.1, -0.05) is 19.1 Å². The van der Waals surface area contributed by atoms with Crippen molar-refractivity contribution in [3.63, 3.8) is 0 Å². The normalized spacial score (nSPS) is 12.9. The van der Waals surface area contributed by atoms with Gasteiger partial charge in [-0.15, -0.1) is 3.71 Å². The Morgan fingerprint density at radius 1 is 1.50 bits per heavy atom. The monoisotopic (exact) mass is 317 g/mol. The van der Waals surface area contributed by atoms with E-state index in [-0.39, 0.29) is 11.5 Å². The Kier molecular flexibility index (Phi) is 6.67. The Morgan fingerprint density at radius 3 is 2.33 bits per heavy atom. The van der Waals surface area contributed by atoms with Crippen molar-refractivity contribution in [2.45, 2.75) is 13.8 Å². The van der Waals surface area contributed by atoms with Crippen molar-refractivity contribution in [2.24, 2.45) is 0 Å². The van der Waals surface area contributed by atoms with Crippen LogP contribution >= 0.6 is 12.2 Å². The van der Waals surface area contributed by atoms with Crippen LogP contribution in [0.3, 0.4) is 0 Å². The highest BCUT2D eigenvalue weighted by atomic mass is 32.3. The van der Waals surface area contributed by atoms with E-state index in [9.17, 15) is 17.4 Å². The molecule has 1 unspecified atom stereocenters. The van der Waals surface area contributed by atoms with E-state index >= 15 is 0 Å². The summed E-state index contributed by atoms with van der Waals surface area (Å²) in [6, 6.07) is 0. The number of hydroxylamine groups is 1. The van der Waals surface area contributed by atoms with Crippen molar-refractivity contribution in [3.05, 3.63) is 0 Å². The summed E-state index contributed by atoms with van der Waals surface area (Å²) < 4.78 is 35.7. The van der Waals surface area contributed by atoms with Crippen LogP contribution in [0, 0.1) is 0 Å². The molecule has 0 aliphatic heterocycles. The van der Waals surface area contributed by atoms with Crippen LogP contribution in [0.25, 0.3) is 0 Å². The molecule has 0 rings (SSSR count). The first-order chi connectivity index (χ1) is 8.11. The van der Waals surface area contributed by atoms with Crippen molar-refractivity contribution in [1.29, 1.82) is 0 Å². The smallest absolute Gasteiger partial charge is 0.323 e.